The van der Waals surface area contributed by atoms with Crippen molar-refractivity contribution >= 4 is 22.1 Å². The zero-order valence-corrected chi connectivity index (χ0v) is 21.7. The third-order valence-electron chi connectivity index (χ3n) is 10.0. The average molecular weight is 493 g/mol. The molecule has 5 atom stereocenters. The molecule has 3 bridgehead atoms. The Labute approximate surface area is 219 Å². The SMILES string of the molecule is COc1ccc(-c2ccc3cc(C4=C(O)CCCC4=O)ccc3c2)cc1C1CC2CC3CCC1C(C3)C2. The van der Waals surface area contributed by atoms with E-state index in [1.54, 1.807) is 0 Å². The van der Waals surface area contributed by atoms with Crippen molar-refractivity contribution in [3.05, 3.63) is 71.5 Å². The van der Waals surface area contributed by atoms with Crippen molar-refractivity contribution in [2.75, 3.05) is 7.11 Å². The van der Waals surface area contributed by atoms with E-state index in [2.05, 4.69) is 42.5 Å². The van der Waals surface area contributed by atoms with Crippen LogP contribution in [0, 0.1) is 23.7 Å². The monoisotopic (exact) mass is 492 g/mol. The van der Waals surface area contributed by atoms with Gasteiger partial charge in [-0.05, 0) is 125 Å². The summed E-state index contributed by atoms with van der Waals surface area (Å²) < 4.78 is 5.92. The first-order valence-corrected chi connectivity index (χ1v) is 14.2. The molecule has 0 amide bonds. The standard InChI is InChI=1S/C34H36O3/c1-37-33-12-10-25(19-30(33)29-16-21-13-20-5-11-28(29)27(14-20)15-21)23-6-7-24-18-26(9-8-22(24)17-23)34-31(35)3-2-4-32(34)36/h6-10,12,17-21,27-29,35H,2-5,11,13-16H2,1H3. The molecule has 4 aliphatic rings. The van der Waals surface area contributed by atoms with Gasteiger partial charge in [-0.2, -0.15) is 0 Å². The topological polar surface area (TPSA) is 46.5 Å². The molecular formula is C34H36O3. The Kier molecular flexibility index (Phi) is 5.64. The summed E-state index contributed by atoms with van der Waals surface area (Å²) in [5.74, 6) is 5.53. The molecule has 0 aliphatic heterocycles. The highest BCUT2D eigenvalue weighted by Gasteiger charge is 2.46. The molecule has 0 heterocycles. The normalized spacial score (nSPS) is 29.1. The molecule has 0 saturated heterocycles. The first-order valence-electron chi connectivity index (χ1n) is 14.2. The van der Waals surface area contributed by atoms with Crippen LogP contribution in [0.15, 0.2) is 60.4 Å². The number of aliphatic hydroxyl groups excluding tert-OH is 1. The van der Waals surface area contributed by atoms with Crippen molar-refractivity contribution in [3.63, 3.8) is 0 Å². The van der Waals surface area contributed by atoms with Gasteiger partial charge in [0.25, 0.3) is 0 Å². The van der Waals surface area contributed by atoms with Crippen molar-refractivity contribution in [2.24, 2.45) is 23.7 Å². The van der Waals surface area contributed by atoms with E-state index in [0.717, 1.165) is 52.2 Å². The van der Waals surface area contributed by atoms with Gasteiger partial charge < -0.3 is 9.84 Å². The zero-order chi connectivity index (χ0) is 25.1. The molecule has 3 heteroatoms. The number of carbonyl (C=O) groups excluding carboxylic acids is 1. The highest BCUT2D eigenvalue weighted by molar-refractivity contribution is 6.22. The maximum atomic E-state index is 12.5. The van der Waals surface area contributed by atoms with E-state index in [4.69, 9.17) is 4.74 Å². The predicted octanol–water partition coefficient (Wildman–Crippen LogP) is 8.47. The van der Waals surface area contributed by atoms with Gasteiger partial charge in [-0.1, -0.05) is 36.8 Å². The van der Waals surface area contributed by atoms with Gasteiger partial charge in [0.05, 0.1) is 12.7 Å². The minimum atomic E-state index is 0.0471. The third kappa shape index (κ3) is 3.98. The minimum absolute atomic E-state index is 0.0471. The summed E-state index contributed by atoms with van der Waals surface area (Å²) in [5, 5.41) is 12.6. The number of fused-ring (bicyclic) bond motifs is 3. The number of Topliss-reactive ketones (excluding diaryl/α,β-unsaturated/α-hetero) is 1. The third-order valence-corrected chi connectivity index (χ3v) is 10.0. The Bertz CT molecular complexity index is 1410. The van der Waals surface area contributed by atoms with Crippen molar-refractivity contribution in [2.45, 2.75) is 63.7 Å². The summed E-state index contributed by atoms with van der Waals surface area (Å²) in [4.78, 5) is 12.5. The second-order valence-electron chi connectivity index (χ2n) is 12.1. The second-order valence-corrected chi connectivity index (χ2v) is 12.1. The number of hydrogen-bond donors (Lipinski definition) is 1. The minimum Gasteiger partial charge on any atom is -0.512 e. The van der Waals surface area contributed by atoms with Gasteiger partial charge in [-0.15, -0.1) is 0 Å². The molecule has 0 spiro atoms. The number of carbonyl (C=O) groups is 1. The number of ketones is 1. The van der Waals surface area contributed by atoms with Gasteiger partial charge in [0.1, 0.15) is 11.5 Å². The molecule has 7 rings (SSSR count). The Hall–Kier alpha value is -3.07. The van der Waals surface area contributed by atoms with Gasteiger partial charge in [0, 0.05) is 12.8 Å². The average Bonchev–Trinajstić information content (AvgIpc) is 2.91. The van der Waals surface area contributed by atoms with Crippen LogP contribution >= 0.6 is 0 Å². The van der Waals surface area contributed by atoms with E-state index in [1.807, 2.05) is 19.2 Å². The van der Waals surface area contributed by atoms with E-state index in [1.165, 1.54) is 55.2 Å². The van der Waals surface area contributed by atoms with Gasteiger partial charge in [-0.25, -0.2) is 0 Å². The lowest BCUT2D eigenvalue weighted by Gasteiger charge is -2.52. The summed E-state index contributed by atoms with van der Waals surface area (Å²) in [6.07, 6.45) is 10.3. The van der Waals surface area contributed by atoms with Crippen molar-refractivity contribution in [1.29, 1.82) is 0 Å². The summed E-state index contributed by atoms with van der Waals surface area (Å²) in [7, 11) is 1.82. The molecular weight excluding hydrogens is 456 g/mol. The highest BCUT2D eigenvalue weighted by Crippen LogP contribution is 2.58. The van der Waals surface area contributed by atoms with Crippen LogP contribution in [0.2, 0.25) is 0 Å². The Balaban J connectivity index is 1.24. The number of rotatable bonds is 4. The summed E-state index contributed by atoms with van der Waals surface area (Å²) in [6.45, 7) is 0. The first-order chi connectivity index (χ1) is 18.1. The largest absolute Gasteiger partial charge is 0.512 e. The van der Waals surface area contributed by atoms with Crippen molar-refractivity contribution < 1.29 is 14.6 Å². The van der Waals surface area contributed by atoms with Crippen molar-refractivity contribution in [1.82, 2.24) is 0 Å². The lowest BCUT2D eigenvalue weighted by atomic mass is 9.53. The van der Waals surface area contributed by atoms with Crippen LogP contribution < -0.4 is 4.74 Å². The second kappa shape index (κ2) is 9.04. The summed E-state index contributed by atoms with van der Waals surface area (Å²) >= 11 is 0. The van der Waals surface area contributed by atoms with Gasteiger partial charge in [0.15, 0.2) is 5.78 Å². The molecule has 190 valence electrons. The predicted molar refractivity (Wildman–Crippen MR) is 149 cm³/mol. The number of benzene rings is 3. The molecule has 5 unspecified atom stereocenters. The van der Waals surface area contributed by atoms with Gasteiger partial charge >= 0.3 is 0 Å². The van der Waals surface area contributed by atoms with Crippen LogP contribution in [-0.2, 0) is 4.79 Å². The van der Waals surface area contributed by atoms with Crippen LogP contribution in [-0.4, -0.2) is 18.0 Å². The molecule has 1 N–H and O–H groups in total. The van der Waals surface area contributed by atoms with Crippen LogP contribution in [0.5, 0.6) is 5.75 Å². The van der Waals surface area contributed by atoms with E-state index in [-0.39, 0.29) is 11.5 Å². The number of ether oxygens (including phenoxy) is 1. The molecule has 3 aromatic rings. The molecule has 3 fully saturated rings. The van der Waals surface area contributed by atoms with Gasteiger partial charge in [0.2, 0.25) is 0 Å². The number of hydrogen-bond acceptors (Lipinski definition) is 3. The zero-order valence-electron chi connectivity index (χ0n) is 21.7. The number of allylic oxidation sites excluding steroid dienone is 2. The van der Waals surface area contributed by atoms with Crippen LogP contribution in [0.1, 0.15) is 74.8 Å². The molecule has 3 nitrogen and oxygen atoms in total. The molecule has 3 saturated carbocycles. The quantitative estimate of drug-likeness (QED) is 0.397. The van der Waals surface area contributed by atoms with E-state index >= 15 is 0 Å². The fourth-order valence-corrected chi connectivity index (χ4v) is 8.42. The van der Waals surface area contributed by atoms with Crippen LogP contribution in [0.4, 0.5) is 0 Å². The lowest BCUT2D eigenvalue weighted by Crippen LogP contribution is -2.41. The maximum absolute atomic E-state index is 12.5. The summed E-state index contributed by atoms with van der Waals surface area (Å²) in [5.41, 5.74) is 5.19. The molecule has 37 heavy (non-hydrogen) atoms. The number of methoxy groups -OCH3 is 1. The van der Waals surface area contributed by atoms with E-state index in [0.29, 0.717) is 24.3 Å². The van der Waals surface area contributed by atoms with Gasteiger partial charge in [-0.3, -0.25) is 4.79 Å². The fraction of sp³-hybridized carbons (Fsp3) is 0.441. The fourth-order valence-electron chi connectivity index (χ4n) is 8.42. The Morgan fingerprint density at radius 3 is 2.32 bits per heavy atom. The van der Waals surface area contributed by atoms with Crippen LogP contribution in [0.25, 0.3) is 27.5 Å². The molecule has 3 aromatic carbocycles. The number of aliphatic hydroxyl groups is 1. The maximum Gasteiger partial charge on any atom is 0.166 e. The molecule has 4 aliphatic carbocycles. The molecule has 0 radical (unpaired) electrons. The van der Waals surface area contributed by atoms with Crippen molar-refractivity contribution in [3.8, 4) is 16.9 Å². The Morgan fingerprint density at radius 1 is 0.784 bits per heavy atom. The Morgan fingerprint density at radius 2 is 1.51 bits per heavy atom. The van der Waals surface area contributed by atoms with E-state index < -0.39 is 0 Å². The van der Waals surface area contributed by atoms with E-state index in [9.17, 15) is 9.90 Å². The first kappa shape index (κ1) is 23.1. The van der Waals surface area contributed by atoms with Crippen LogP contribution in [0.3, 0.4) is 0 Å². The lowest BCUT2D eigenvalue weighted by molar-refractivity contribution is -0.114. The summed E-state index contributed by atoms with van der Waals surface area (Å²) in [6, 6.07) is 19.5. The molecule has 0 aromatic heterocycles. The smallest absolute Gasteiger partial charge is 0.166 e. The highest BCUT2D eigenvalue weighted by atomic mass is 16.5.